The van der Waals surface area contributed by atoms with E-state index in [0.29, 0.717) is 24.7 Å². The Bertz CT molecular complexity index is 382. The third kappa shape index (κ3) is 4.71. The van der Waals surface area contributed by atoms with Crippen molar-refractivity contribution < 1.29 is 18.7 Å². The number of ether oxygens (including phenoxy) is 2. The molecule has 0 aliphatic carbocycles. The number of carbonyl (C=O) groups is 1. The van der Waals surface area contributed by atoms with Crippen molar-refractivity contribution in [2.75, 3.05) is 25.7 Å². The molecule has 0 amide bonds. The van der Waals surface area contributed by atoms with E-state index < -0.39 is 5.82 Å². The highest BCUT2D eigenvalue weighted by Crippen LogP contribution is 2.20. The van der Waals surface area contributed by atoms with Gasteiger partial charge in [0.2, 0.25) is 0 Å². The standard InChI is InChI=1S/C12H14ClFO3/c1-9(15)11-3-2-10(14)8-12(11)17-7-6-16-5-4-13/h2-3,8H,4-7H2,1H3. The largest absolute Gasteiger partial charge is 0.490 e. The van der Waals surface area contributed by atoms with Gasteiger partial charge in [-0.05, 0) is 19.1 Å². The number of halogens is 2. The first-order valence-electron chi connectivity index (χ1n) is 5.22. The number of Topliss-reactive ketones (excluding diaryl/α,β-unsaturated/α-hetero) is 1. The van der Waals surface area contributed by atoms with Crippen molar-refractivity contribution >= 4 is 17.4 Å². The van der Waals surface area contributed by atoms with Crippen LogP contribution in [0.1, 0.15) is 17.3 Å². The van der Waals surface area contributed by atoms with E-state index in [-0.39, 0.29) is 18.1 Å². The molecule has 0 aliphatic rings. The van der Waals surface area contributed by atoms with Crippen LogP contribution < -0.4 is 4.74 Å². The highest BCUT2D eigenvalue weighted by Gasteiger charge is 2.09. The quantitative estimate of drug-likeness (QED) is 0.430. The number of rotatable bonds is 7. The van der Waals surface area contributed by atoms with Crippen LogP contribution in [-0.4, -0.2) is 31.5 Å². The van der Waals surface area contributed by atoms with Gasteiger partial charge in [-0.25, -0.2) is 4.39 Å². The van der Waals surface area contributed by atoms with E-state index in [1.807, 2.05) is 0 Å². The minimum Gasteiger partial charge on any atom is -0.490 e. The Labute approximate surface area is 104 Å². The summed E-state index contributed by atoms with van der Waals surface area (Å²) in [6.07, 6.45) is 0. The van der Waals surface area contributed by atoms with E-state index in [1.165, 1.54) is 25.1 Å². The van der Waals surface area contributed by atoms with Crippen LogP contribution in [0.3, 0.4) is 0 Å². The second-order valence-electron chi connectivity index (χ2n) is 3.35. The number of ketones is 1. The molecule has 1 aromatic carbocycles. The van der Waals surface area contributed by atoms with Gasteiger partial charge in [0.15, 0.2) is 5.78 Å². The lowest BCUT2D eigenvalue weighted by Gasteiger charge is -2.09. The first-order valence-corrected chi connectivity index (χ1v) is 5.75. The Hall–Kier alpha value is -1.13. The van der Waals surface area contributed by atoms with E-state index in [9.17, 15) is 9.18 Å². The average Bonchev–Trinajstić information content (AvgIpc) is 2.28. The molecule has 0 aliphatic heterocycles. The van der Waals surface area contributed by atoms with Gasteiger partial charge >= 0.3 is 0 Å². The van der Waals surface area contributed by atoms with Crippen LogP contribution in [-0.2, 0) is 4.74 Å². The molecule has 0 saturated heterocycles. The van der Waals surface area contributed by atoms with Crippen LogP contribution in [0, 0.1) is 5.82 Å². The zero-order valence-corrected chi connectivity index (χ0v) is 10.3. The molecule has 1 aromatic rings. The van der Waals surface area contributed by atoms with E-state index in [1.54, 1.807) is 0 Å². The SMILES string of the molecule is CC(=O)c1ccc(F)cc1OCCOCCCl. The maximum absolute atomic E-state index is 13.0. The fourth-order valence-electron chi connectivity index (χ4n) is 1.27. The lowest BCUT2D eigenvalue weighted by molar-refractivity contribution is 0.0992. The molecular formula is C12H14ClFO3. The molecule has 0 fully saturated rings. The number of hydrogen-bond donors (Lipinski definition) is 0. The van der Waals surface area contributed by atoms with Crippen molar-refractivity contribution in [2.24, 2.45) is 0 Å². The van der Waals surface area contributed by atoms with Gasteiger partial charge in [0.1, 0.15) is 18.2 Å². The molecule has 0 aromatic heterocycles. The molecule has 0 heterocycles. The average molecular weight is 261 g/mol. The number of carbonyl (C=O) groups excluding carboxylic acids is 1. The highest BCUT2D eigenvalue weighted by atomic mass is 35.5. The molecule has 0 radical (unpaired) electrons. The summed E-state index contributed by atoms with van der Waals surface area (Å²) in [6.45, 7) is 2.44. The third-order valence-electron chi connectivity index (χ3n) is 2.03. The number of hydrogen-bond acceptors (Lipinski definition) is 3. The van der Waals surface area contributed by atoms with Gasteiger partial charge in [-0.15, -0.1) is 11.6 Å². The van der Waals surface area contributed by atoms with Crippen molar-refractivity contribution in [2.45, 2.75) is 6.92 Å². The van der Waals surface area contributed by atoms with E-state index in [4.69, 9.17) is 21.1 Å². The van der Waals surface area contributed by atoms with Crippen LogP contribution in [0.2, 0.25) is 0 Å². The Kier molecular flexibility index (Phi) is 5.94. The summed E-state index contributed by atoms with van der Waals surface area (Å²) in [7, 11) is 0. The number of alkyl halides is 1. The third-order valence-corrected chi connectivity index (χ3v) is 2.18. The first kappa shape index (κ1) is 13.9. The topological polar surface area (TPSA) is 35.5 Å². The van der Waals surface area contributed by atoms with Crippen LogP contribution in [0.4, 0.5) is 4.39 Å². The van der Waals surface area contributed by atoms with E-state index in [2.05, 4.69) is 0 Å². The molecule has 17 heavy (non-hydrogen) atoms. The second kappa shape index (κ2) is 7.25. The van der Waals surface area contributed by atoms with E-state index >= 15 is 0 Å². The van der Waals surface area contributed by atoms with E-state index in [0.717, 1.165) is 0 Å². The summed E-state index contributed by atoms with van der Waals surface area (Å²) in [6, 6.07) is 3.83. The summed E-state index contributed by atoms with van der Waals surface area (Å²) < 4.78 is 23.4. The minimum atomic E-state index is -0.438. The minimum absolute atomic E-state index is 0.165. The maximum atomic E-state index is 13.0. The van der Waals surface area contributed by atoms with Gasteiger partial charge in [-0.3, -0.25) is 4.79 Å². The fraction of sp³-hybridized carbons (Fsp3) is 0.417. The molecule has 0 bridgehead atoms. The van der Waals surface area contributed by atoms with Gasteiger partial charge in [0.05, 0.1) is 18.8 Å². The molecule has 1 rings (SSSR count). The monoisotopic (exact) mass is 260 g/mol. The highest BCUT2D eigenvalue weighted by molar-refractivity contribution is 6.17. The summed E-state index contributed by atoms with van der Waals surface area (Å²) in [5, 5.41) is 0. The predicted octanol–water partition coefficient (Wildman–Crippen LogP) is 2.66. The molecule has 5 heteroatoms. The Morgan fingerprint density at radius 2 is 2.12 bits per heavy atom. The summed E-state index contributed by atoms with van der Waals surface area (Å²) in [5.41, 5.74) is 0.365. The molecule has 0 saturated carbocycles. The molecule has 0 unspecified atom stereocenters. The van der Waals surface area contributed by atoms with Gasteiger partial charge in [0.25, 0.3) is 0 Å². The summed E-state index contributed by atoms with van der Waals surface area (Å²) in [4.78, 5) is 11.3. The van der Waals surface area contributed by atoms with Crippen molar-refractivity contribution in [1.82, 2.24) is 0 Å². The smallest absolute Gasteiger partial charge is 0.163 e. The Balaban J connectivity index is 2.56. The molecular weight excluding hydrogens is 247 g/mol. The van der Waals surface area contributed by atoms with Gasteiger partial charge in [-0.1, -0.05) is 0 Å². The van der Waals surface area contributed by atoms with Gasteiger partial charge in [-0.2, -0.15) is 0 Å². The molecule has 0 spiro atoms. The van der Waals surface area contributed by atoms with Crippen molar-refractivity contribution in [1.29, 1.82) is 0 Å². The van der Waals surface area contributed by atoms with Crippen LogP contribution in [0.15, 0.2) is 18.2 Å². The normalized spacial score (nSPS) is 10.3. The molecule has 0 atom stereocenters. The van der Waals surface area contributed by atoms with Crippen LogP contribution in [0.5, 0.6) is 5.75 Å². The van der Waals surface area contributed by atoms with Crippen molar-refractivity contribution in [3.8, 4) is 5.75 Å². The lowest BCUT2D eigenvalue weighted by Crippen LogP contribution is -2.10. The lowest BCUT2D eigenvalue weighted by atomic mass is 10.1. The van der Waals surface area contributed by atoms with Crippen molar-refractivity contribution in [3.05, 3.63) is 29.6 Å². The second-order valence-corrected chi connectivity index (χ2v) is 3.72. The number of benzene rings is 1. The molecule has 94 valence electrons. The summed E-state index contributed by atoms with van der Waals surface area (Å²) in [5.74, 6) is 0.0545. The molecule has 3 nitrogen and oxygen atoms in total. The Morgan fingerprint density at radius 3 is 2.76 bits per heavy atom. The molecule has 0 N–H and O–H groups in total. The van der Waals surface area contributed by atoms with Crippen molar-refractivity contribution in [3.63, 3.8) is 0 Å². The van der Waals surface area contributed by atoms with Crippen LogP contribution in [0.25, 0.3) is 0 Å². The fourth-order valence-corrected chi connectivity index (χ4v) is 1.38. The maximum Gasteiger partial charge on any atom is 0.163 e. The summed E-state index contributed by atoms with van der Waals surface area (Å²) >= 11 is 5.42. The van der Waals surface area contributed by atoms with Gasteiger partial charge in [0, 0.05) is 11.9 Å². The zero-order chi connectivity index (χ0) is 12.7. The predicted molar refractivity (Wildman–Crippen MR) is 63.4 cm³/mol. The Morgan fingerprint density at radius 1 is 1.35 bits per heavy atom. The van der Waals surface area contributed by atoms with Crippen LogP contribution >= 0.6 is 11.6 Å². The zero-order valence-electron chi connectivity index (χ0n) is 9.54. The first-order chi connectivity index (χ1) is 8.15. The van der Waals surface area contributed by atoms with Gasteiger partial charge < -0.3 is 9.47 Å².